The predicted octanol–water partition coefficient (Wildman–Crippen LogP) is 3.16. The number of benzene rings is 1. The van der Waals surface area contributed by atoms with E-state index >= 15 is 0 Å². The molecule has 6 nitrogen and oxygen atoms in total. The third kappa shape index (κ3) is 4.56. The molecule has 0 unspecified atom stereocenters. The smallest absolute Gasteiger partial charge is 0.343 e. The Morgan fingerprint density at radius 1 is 1.36 bits per heavy atom. The van der Waals surface area contributed by atoms with Gasteiger partial charge in [-0.15, -0.1) is 16.4 Å². The maximum Gasteiger partial charge on any atom is 0.343 e. The molecule has 132 valence electrons. The van der Waals surface area contributed by atoms with Crippen LogP contribution in [-0.4, -0.2) is 33.5 Å². The van der Waals surface area contributed by atoms with Gasteiger partial charge in [-0.3, -0.25) is 4.57 Å². The van der Waals surface area contributed by atoms with Crippen molar-refractivity contribution < 1.29 is 9.13 Å². The van der Waals surface area contributed by atoms with Crippen molar-refractivity contribution in [1.29, 1.82) is 0 Å². The van der Waals surface area contributed by atoms with E-state index in [2.05, 4.69) is 15.2 Å². The largest absolute Gasteiger partial charge is 0.385 e. The fourth-order valence-electron chi connectivity index (χ4n) is 2.21. The summed E-state index contributed by atoms with van der Waals surface area (Å²) >= 11 is 2.96. The van der Waals surface area contributed by atoms with E-state index in [0.717, 1.165) is 22.7 Å². The van der Waals surface area contributed by atoms with Crippen molar-refractivity contribution in [2.45, 2.75) is 23.9 Å². The number of ether oxygens (including phenoxy) is 1. The number of aromatic amines is 1. The van der Waals surface area contributed by atoms with Crippen LogP contribution in [0.3, 0.4) is 0 Å². The van der Waals surface area contributed by atoms with Gasteiger partial charge in [-0.25, -0.2) is 19.3 Å². The Morgan fingerprint density at radius 3 is 2.92 bits per heavy atom. The average Bonchev–Trinajstić information content (AvgIpc) is 3.22. The Morgan fingerprint density at radius 2 is 2.16 bits per heavy atom. The Kier molecular flexibility index (Phi) is 6.00. The highest BCUT2D eigenvalue weighted by Gasteiger charge is 2.11. The zero-order chi connectivity index (χ0) is 17.6. The van der Waals surface area contributed by atoms with Crippen LogP contribution in [0.25, 0.3) is 10.6 Å². The van der Waals surface area contributed by atoms with Gasteiger partial charge in [0.25, 0.3) is 0 Å². The lowest BCUT2D eigenvalue weighted by molar-refractivity contribution is 0.189. The van der Waals surface area contributed by atoms with Crippen LogP contribution in [0.1, 0.15) is 12.1 Å². The maximum atomic E-state index is 13.0. The van der Waals surface area contributed by atoms with E-state index in [9.17, 15) is 9.18 Å². The first-order valence-corrected chi connectivity index (χ1v) is 9.51. The summed E-state index contributed by atoms with van der Waals surface area (Å²) in [6.07, 6.45) is 0.745. The van der Waals surface area contributed by atoms with Crippen LogP contribution < -0.4 is 5.69 Å². The molecule has 2 aromatic heterocycles. The van der Waals surface area contributed by atoms with E-state index in [4.69, 9.17) is 4.74 Å². The monoisotopic (exact) mass is 380 g/mol. The van der Waals surface area contributed by atoms with Crippen LogP contribution in [-0.2, 0) is 17.0 Å². The second-order valence-electron chi connectivity index (χ2n) is 5.25. The van der Waals surface area contributed by atoms with Gasteiger partial charge >= 0.3 is 5.69 Å². The summed E-state index contributed by atoms with van der Waals surface area (Å²) in [6.45, 7) is 1.15. The molecule has 0 radical (unpaired) electrons. The lowest BCUT2D eigenvalue weighted by atomic mass is 10.2. The van der Waals surface area contributed by atoms with Crippen LogP contribution in [0.15, 0.2) is 39.6 Å². The lowest BCUT2D eigenvalue weighted by Gasteiger charge is -2.04. The summed E-state index contributed by atoms with van der Waals surface area (Å²) in [6, 6.07) is 6.28. The fraction of sp³-hybridized carbons (Fsp3) is 0.312. The summed E-state index contributed by atoms with van der Waals surface area (Å²) < 4.78 is 19.6. The number of nitrogens with one attached hydrogen (secondary N) is 1. The Bertz CT molecular complexity index is 873. The van der Waals surface area contributed by atoms with Gasteiger partial charge in [0, 0.05) is 37.0 Å². The zero-order valence-electron chi connectivity index (χ0n) is 13.6. The number of hydrogen-bond acceptors (Lipinski definition) is 6. The van der Waals surface area contributed by atoms with Crippen LogP contribution in [0.5, 0.6) is 0 Å². The third-order valence-electron chi connectivity index (χ3n) is 3.45. The van der Waals surface area contributed by atoms with Crippen molar-refractivity contribution in [1.82, 2.24) is 19.7 Å². The van der Waals surface area contributed by atoms with E-state index in [1.165, 1.54) is 35.2 Å². The van der Waals surface area contributed by atoms with Gasteiger partial charge in [-0.05, 0) is 30.7 Å². The third-order valence-corrected chi connectivity index (χ3v) is 5.40. The summed E-state index contributed by atoms with van der Waals surface area (Å²) in [5, 5.41) is 9.99. The molecular weight excluding hydrogens is 363 g/mol. The first kappa shape index (κ1) is 17.8. The number of thioether (sulfide) groups is 1. The number of rotatable bonds is 8. The number of nitrogens with zero attached hydrogens (tertiary/aromatic N) is 3. The molecule has 0 atom stereocenters. The summed E-state index contributed by atoms with van der Waals surface area (Å²) in [7, 11) is 1.63. The standard InChI is InChI=1S/C16H17FN4O2S2/c1-23-8-2-7-21-15(22)19-20-16(21)25-10-13-9-24-14(18-13)11-3-5-12(17)6-4-11/h3-6,9H,2,7-8,10H2,1H3,(H,19,22). The highest BCUT2D eigenvalue weighted by molar-refractivity contribution is 7.98. The summed E-state index contributed by atoms with van der Waals surface area (Å²) in [5.41, 5.74) is 1.57. The topological polar surface area (TPSA) is 72.8 Å². The van der Waals surface area contributed by atoms with Crippen molar-refractivity contribution >= 4 is 23.1 Å². The Hall–Kier alpha value is -1.97. The molecule has 1 N–H and O–H groups in total. The number of H-pyrrole nitrogens is 1. The molecule has 0 fully saturated rings. The summed E-state index contributed by atoms with van der Waals surface area (Å²) in [5.74, 6) is 0.341. The van der Waals surface area contributed by atoms with Gasteiger partial charge in [-0.1, -0.05) is 11.8 Å². The van der Waals surface area contributed by atoms with Crippen molar-refractivity contribution in [2.24, 2.45) is 0 Å². The predicted molar refractivity (Wildman–Crippen MR) is 96.4 cm³/mol. The lowest BCUT2D eigenvalue weighted by Crippen LogP contribution is -2.18. The summed E-state index contributed by atoms with van der Waals surface area (Å²) in [4.78, 5) is 16.4. The number of halogens is 1. The molecule has 0 aliphatic carbocycles. The van der Waals surface area contributed by atoms with Crippen molar-refractivity contribution in [3.05, 3.63) is 51.6 Å². The molecule has 0 spiro atoms. The maximum absolute atomic E-state index is 13.0. The van der Waals surface area contributed by atoms with Crippen molar-refractivity contribution in [2.75, 3.05) is 13.7 Å². The SMILES string of the molecule is COCCCn1c(SCc2csc(-c3ccc(F)cc3)n2)n[nH]c1=O. The molecule has 0 aliphatic rings. The molecule has 0 bridgehead atoms. The number of aromatic nitrogens is 4. The number of methoxy groups -OCH3 is 1. The second-order valence-corrected chi connectivity index (χ2v) is 7.05. The average molecular weight is 380 g/mol. The van der Waals surface area contributed by atoms with Crippen LogP contribution in [0, 0.1) is 5.82 Å². The zero-order valence-corrected chi connectivity index (χ0v) is 15.2. The molecule has 0 saturated heterocycles. The van der Waals surface area contributed by atoms with Crippen LogP contribution in [0.2, 0.25) is 0 Å². The minimum Gasteiger partial charge on any atom is -0.385 e. The highest BCUT2D eigenvalue weighted by atomic mass is 32.2. The molecule has 3 aromatic rings. The molecule has 2 heterocycles. The number of thiazole rings is 1. The normalized spacial score (nSPS) is 11.1. The molecular formula is C16H17FN4O2S2. The molecule has 25 heavy (non-hydrogen) atoms. The minimum atomic E-state index is -0.263. The molecule has 3 rings (SSSR count). The molecule has 9 heteroatoms. The van der Waals surface area contributed by atoms with Crippen LogP contribution in [0.4, 0.5) is 4.39 Å². The van der Waals surface area contributed by atoms with E-state index in [0.29, 0.717) is 24.1 Å². The van der Waals surface area contributed by atoms with E-state index in [1.807, 2.05) is 5.38 Å². The van der Waals surface area contributed by atoms with Crippen molar-refractivity contribution in [3.8, 4) is 10.6 Å². The van der Waals surface area contributed by atoms with Crippen molar-refractivity contribution in [3.63, 3.8) is 0 Å². The van der Waals surface area contributed by atoms with Gasteiger partial charge < -0.3 is 4.74 Å². The molecule has 0 aliphatic heterocycles. The Balaban J connectivity index is 1.65. The van der Waals surface area contributed by atoms with Crippen LogP contribution >= 0.6 is 23.1 Å². The van der Waals surface area contributed by atoms with Gasteiger partial charge in [0.15, 0.2) is 5.16 Å². The van der Waals surface area contributed by atoms with E-state index in [1.54, 1.807) is 23.8 Å². The highest BCUT2D eigenvalue weighted by Crippen LogP contribution is 2.27. The number of hydrogen-bond donors (Lipinski definition) is 1. The van der Waals surface area contributed by atoms with Gasteiger partial charge in [0.2, 0.25) is 0 Å². The first-order valence-electron chi connectivity index (χ1n) is 7.64. The first-order chi connectivity index (χ1) is 12.2. The quantitative estimate of drug-likeness (QED) is 0.480. The van der Waals surface area contributed by atoms with E-state index in [-0.39, 0.29) is 11.5 Å². The molecule has 0 amide bonds. The molecule has 0 saturated carbocycles. The second kappa shape index (κ2) is 8.41. The minimum absolute atomic E-state index is 0.219. The Labute approximate surface area is 152 Å². The fourth-order valence-corrected chi connectivity index (χ4v) is 4.01. The van der Waals surface area contributed by atoms with Gasteiger partial charge in [0.1, 0.15) is 10.8 Å². The van der Waals surface area contributed by atoms with Gasteiger partial charge in [-0.2, -0.15) is 0 Å². The van der Waals surface area contributed by atoms with E-state index < -0.39 is 0 Å². The van der Waals surface area contributed by atoms with Gasteiger partial charge in [0.05, 0.1) is 5.69 Å². The molecule has 1 aromatic carbocycles.